The zero-order chi connectivity index (χ0) is 16.0. The van der Waals surface area contributed by atoms with Crippen LogP contribution in [0.1, 0.15) is 15.9 Å². The Morgan fingerprint density at radius 3 is 2.55 bits per heavy atom. The summed E-state index contributed by atoms with van der Waals surface area (Å²) in [4.78, 5) is 15.7. The molecule has 1 heterocycles. The predicted molar refractivity (Wildman–Crippen MR) is 73.4 cm³/mol. The first-order valence-corrected chi connectivity index (χ1v) is 6.42. The van der Waals surface area contributed by atoms with Gasteiger partial charge in [-0.2, -0.15) is 13.2 Å². The fourth-order valence-electron chi connectivity index (χ4n) is 1.70. The molecular weight excluding hydrogens is 297 g/mol. The Morgan fingerprint density at radius 1 is 1.14 bits per heavy atom. The number of aromatic nitrogens is 1. The molecule has 0 aliphatic carbocycles. The lowest BCUT2D eigenvalue weighted by Gasteiger charge is -2.12. The predicted octanol–water partition coefficient (Wildman–Crippen LogP) is 2.95. The van der Waals surface area contributed by atoms with Crippen molar-refractivity contribution in [1.82, 2.24) is 10.3 Å². The Balaban J connectivity index is 2.03. The topological polar surface area (TPSA) is 51.2 Å². The molecule has 1 amide bonds. The quantitative estimate of drug-likeness (QED) is 0.924. The Morgan fingerprint density at radius 2 is 1.86 bits per heavy atom. The lowest BCUT2D eigenvalue weighted by molar-refractivity contribution is -0.154. The second kappa shape index (κ2) is 6.93. The smallest absolute Gasteiger partial charge is 0.422 e. The number of carbonyl (C=O) groups is 1. The molecule has 0 unspecified atom stereocenters. The van der Waals surface area contributed by atoms with E-state index in [0.717, 1.165) is 5.56 Å². The van der Waals surface area contributed by atoms with Crippen molar-refractivity contribution in [2.45, 2.75) is 12.7 Å². The molecule has 0 spiro atoms. The number of rotatable bonds is 5. The molecule has 22 heavy (non-hydrogen) atoms. The van der Waals surface area contributed by atoms with E-state index in [-0.39, 0.29) is 18.0 Å². The summed E-state index contributed by atoms with van der Waals surface area (Å²) in [5.41, 5.74) is 0.834. The molecule has 0 bridgehead atoms. The summed E-state index contributed by atoms with van der Waals surface area (Å²) in [6.45, 7) is -1.24. The molecule has 1 aromatic carbocycles. The first-order valence-electron chi connectivity index (χ1n) is 6.42. The van der Waals surface area contributed by atoms with Crippen LogP contribution in [0, 0.1) is 0 Å². The molecule has 0 aliphatic heterocycles. The van der Waals surface area contributed by atoms with Gasteiger partial charge in [0.1, 0.15) is 5.56 Å². The van der Waals surface area contributed by atoms with Crippen molar-refractivity contribution in [2.24, 2.45) is 0 Å². The van der Waals surface area contributed by atoms with Gasteiger partial charge in [-0.05, 0) is 17.7 Å². The number of alkyl halides is 3. The maximum atomic E-state index is 12.2. The highest BCUT2D eigenvalue weighted by atomic mass is 19.4. The average Bonchev–Trinajstić information content (AvgIpc) is 2.51. The second-order valence-electron chi connectivity index (χ2n) is 4.43. The van der Waals surface area contributed by atoms with Crippen LogP contribution in [0.15, 0.2) is 48.7 Å². The molecule has 0 fully saturated rings. The molecule has 0 radical (unpaired) electrons. The number of nitrogens with zero attached hydrogens (tertiary/aromatic N) is 1. The summed E-state index contributed by atoms with van der Waals surface area (Å²) in [5.74, 6) is -0.889. The number of carbonyl (C=O) groups excluding carboxylic acids is 1. The van der Waals surface area contributed by atoms with Crippen LogP contribution in [0.25, 0.3) is 0 Å². The van der Waals surface area contributed by atoms with E-state index in [1.54, 1.807) is 0 Å². The molecule has 0 aliphatic rings. The van der Waals surface area contributed by atoms with Gasteiger partial charge in [-0.25, -0.2) is 4.98 Å². The van der Waals surface area contributed by atoms with E-state index >= 15 is 0 Å². The second-order valence-corrected chi connectivity index (χ2v) is 4.43. The van der Waals surface area contributed by atoms with Crippen molar-refractivity contribution in [3.63, 3.8) is 0 Å². The van der Waals surface area contributed by atoms with Crippen LogP contribution in [0.3, 0.4) is 0 Å². The summed E-state index contributed by atoms with van der Waals surface area (Å²) >= 11 is 0. The van der Waals surface area contributed by atoms with Gasteiger partial charge in [-0.1, -0.05) is 30.3 Å². The molecular formula is C15H13F3N2O2. The summed E-state index contributed by atoms with van der Waals surface area (Å²) in [7, 11) is 0. The van der Waals surface area contributed by atoms with Crippen LogP contribution in [0.4, 0.5) is 13.2 Å². The molecule has 1 aromatic heterocycles. The van der Waals surface area contributed by atoms with Crippen LogP contribution in [-0.2, 0) is 6.54 Å². The highest BCUT2D eigenvalue weighted by Crippen LogP contribution is 2.20. The molecule has 4 nitrogen and oxygen atoms in total. The highest BCUT2D eigenvalue weighted by Gasteiger charge is 2.29. The summed E-state index contributed by atoms with van der Waals surface area (Å²) in [5, 5.41) is 2.61. The first kappa shape index (κ1) is 15.8. The zero-order valence-corrected chi connectivity index (χ0v) is 11.4. The van der Waals surface area contributed by atoms with Crippen molar-refractivity contribution in [2.75, 3.05) is 6.61 Å². The largest absolute Gasteiger partial charge is 0.467 e. The van der Waals surface area contributed by atoms with Crippen molar-refractivity contribution in [3.8, 4) is 5.88 Å². The maximum absolute atomic E-state index is 12.2. The van der Waals surface area contributed by atoms with E-state index in [4.69, 9.17) is 0 Å². The standard InChI is InChI=1S/C15H13F3N2O2/c16-15(17,18)10-22-14-12(7-4-8-19-14)13(21)20-9-11-5-2-1-3-6-11/h1-8H,9-10H2,(H,20,21). The Bertz CT molecular complexity index is 630. The zero-order valence-electron chi connectivity index (χ0n) is 11.4. The molecule has 0 atom stereocenters. The third-order valence-electron chi connectivity index (χ3n) is 2.68. The van der Waals surface area contributed by atoms with E-state index in [0.29, 0.717) is 0 Å². The van der Waals surface area contributed by atoms with E-state index in [9.17, 15) is 18.0 Å². The minimum atomic E-state index is -4.49. The molecule has 0 saturated heterocycles. The third-order valence-corrected chi connectivity index (χ3v) is 2.68. The Hall–Kier alpha value is -2.57. The number of ether oxygens (including phenoxy) is 1. The molecule has 2 aromatic rings. The Labute approximate surface area is 124 Å². The van der Waals surface area contributed by atoms with Gasteiger partial charge >= 0.3 is 6.18 Å². The monoisotopic (exact) mass is 310 g/mol. The van der Waals surface area contributed by atoms with Crippen LogP contribution in [0.2, 0.25) is 0 Å². The van der Waals surface area contributed by atoms with Gasteiger partial charge in [0.05, 0.1) is 0 Å². The molecule has 0 saturated carbocycles. The minimum absolute atomic E-state index is 0.0392. The third kappa shape index (κ3) is 4.76. The first-order chi connectivity index (χ1) is 10.5. The Kier molecular flexibility index (Phi) is 4.98. The lowest BCUT2D eigenvalue weighted by Crippen LogP contribution is -2.25. The number of halogens is 3. The number of nitrogens with one attached hydrogen (secondary N) is 1. The normalized spacial score (nSPS) is 11.0. The van der Waals surface area contributed by atoms with Gasteiger partial charge in [-0.15, -0.1) is 0 Å². The fourth-order valence-corrected chi connectivity index (χ4v) is 1.70. The molecule has 116 valence electrons. The van der Waals surface area contributed by atoms with Gasteiger partial charge in [0.15, 0.2) is 6.61 Å². The van der Waals surface area contributed by atoms with Crippen molar-refractivity contribution in [3.05, 3.63) is 59.8 Å². The summed E-state index contributed by atoms with van der Waals surface area (Å²) < 4.78 is 41.1. The van der Waals surface area contributed by atoms with Gasteiger partial charge in [0.25, 0.3) is 5.91 Å². The number of amides is 1. The van der Waals surface area contributed by atoms with Crippen LogP contribution in [0.5, 0.6) is 5.88 Å². The minimum Gasteiger partial charge on any atom is -0.467 e. The number of hydrogen-bond acceptors (Lipinski definition) is 3. The maximum Gasteiger partial charge on any atom is 0.422 e. The van der Waals surface area contributed by atoms with Crippen molar-refractivity contribution in [1.29, 1.82) is 0 Å². The van der Waals surface area contributed by atoms with Crippen LogP contribution in [-0.4, -0.2) is 23.7 Å². The van der Waals surface area contributed by atoms with Crippen LogP contribution < -0.4 is 10.1 Å². The molecule has 1 N–H and O–H groups in total. The van der Waals surface area contributed by atoms with E-state index in [2.05, 4.69) is 15.0 Å². The highest BCUT2D eigenvalue weighted by molar-refractivity contribution is 5.96. The average molecular weight is 310 g/mol. The van der Waals surface area contributed by atoms with Crippen LogP contribution >= 0.6 is 0 Å². The number of pyridine rings is 1. The van der Waals surface area contributed by atoms with Gasteiger partial charge in [0, 0.05) is 12.7 Å². The molecule has 7 heteroatoms. The van der Waals surface area contributed by atoms with E-state index in [1.165, 1.54) is 18.3 Å². The van der Waals surface area contributed by atoms with E-state index < -0.39 is 18.7 Å². The van der Waals surface area contributed by atoms with Gasteiger partial charge < -0.3 is 10.1 Å². The molecule has 2 rings (SSSR count). The summed E-state index contributed by atoms with van der Waals surface area (Å²) in [6.07, 6.45) is -3.23. The number of benzene rings is 1. The fraction of sp³-hybridized carbons (Fsp3) is 0.200. The van der Waals surface area contributed by atoms with Gasteiger partial charge in [-0.3, -0.25) is 4.79 Å². The summed E-state index contributed by atoms with van der Waals surface area (Å²) in [6, 6.07) is 12.0. The lowest BCUT2D eigenvalue weighted by atomic mass is 10.2. The van der Waals surface area contributed by atoms with Crippen molar-refractivity contribution >= 4 is 5.91 Å². The SMILES string of the molecule is O=C(NCc1ccccc1)c1cccnc1OCC(F)(F)F. The van der Waals surface area contributed by atoms with Gasteiger partial charge in [0.2, 0.25) is 5.88 Å². The van der Waals surface area contributed by atoms with Crippen molar-refractivity contribution < 1.29 is 22.7 Å². The number of hydrogen-bond donors (Lipinski definition) is 1. The van der Waals surface area contributed by atoms with E-state index in [1.807, 2.05) is 30.3 Å².